The number of thiazole rings is 1. The van der Waals surface area contributed by atoms with E-state index in [1.165, 1.54) is 27.9 Å². The van der Waals surface area contributed by atoms with Crippen molar-refractivity contribution in [2.24, 2.45) is 0 Å². The van der Waals surface area contributed by atoms with Crippen molar-refractivity contribution in [3.05, 3.63) is 112 Å². The molecule has 0 bridgehead atoms. The molecule has 0 aliphatic carbocycles. The zero-order valence-electron chi connectivity index (χ0n) is 31.6. The number of nitrogens with zero attached hydrogens (tertiary/aromatic N) is 6. The van der Waals surface area contributed by atoms with Crippen molar-refractivity contribution in [3.8, 4) is 16.9 Å². The van der Waals surface area contributed by atoms with Gasteiger partial charge in [-0.3, -0.25) is 24.6 Å². The number of aromatic nitrogens is 3. The highest BCUT2D eigenvalue weighted by atomic mass is 32.1. The predicted molar refractivity (Wildman–Crippen MR) is 215 cm³/mol. The first-order valence-electron chi connectivity index (χ1n) is 19.8. The molecule has 0 saturated carbocycles. The maximum atomic E-state index is 15.8. The van der Waals surface area contributed by atoms with Crippen LogP contribution >= 0.6 is 11.3 Å². The number of amides is 3. The molecule has 9 rings (SSSR count). The zero-order chi connectivity index (χ0) is 39.0. The number of imidazole rings is 1. The first-order valence-corrected chi connectivity index (χ1v) is 20.7. The molecular weight excluding hydrogens is 744 g/mol. The summed E-state index contributed by atoms with van der Waals surface area (Å²) in [6, 6.07) is 17.7. The molecule has 3 amide bonds. The smallest absolute Gasteiger partial charge is 0.255 e. The molecule has 6 heterocycles. The maximum absolute atomic E-state index is 15.8. The van der Waals surface area contributed by atoms with E-state index in [1.807, 2.05) is 45.9 Å². The Balaban J connectivity index is 0.807. The second-order valence-corrected chi connectivity index (χ2v) is 16.4. The van der Waals surface area contributed by atoms with Crippen LogP contribution in [0.1, 0.15) is 76.9 Å². The minimum absolute atomic E-state index is 0.0195. The van der Waals surface area contributed by atoms with Crippen LogP contribution in [-0.2, 0) is 29.1 Å². The highest BCUT2D eigenvalue weighted by Gasteiger charge is 2.42. The van der Waals surface area contributed by atoms with Crippen molar-refractivity contribution in [3.63, 3.8) is 0 Å². The molecule has 0 spiro atoms. The van der Waals surface area contributed by atoms with E-state index in [-0.39, 0.29) is 29.7 Å². The molecule has 57 heavy (non-hydrogen) atoms. The van der Waals surface area contributed by atoms with Crippen molar-refractivity contribution < 1.29 is 23.5 Å². The fourth-order valence-electron chi connectivity index (χ4n) is 8.79. The normalized spacial score (nSPS) is 18.1. The number of fused-ring (bicyclic) bond motifs is 2. The van der Waals surface area contributed by atoms with Crippen molar-refractivity contribution in [1.82, 2.24) is 29.2 Å². The average Bonchev–Trinajstić information content (AvgIpc) is 4.04. The topological polar surface area (TPSA) is 139 Å². The molecular formula is C43H45FN8O4S. The van der Waals surface area contributed by atoms with Crippen LogP contribution in [0.4, 0.5) is 15.2 Å². The lowest BCUT2D eigenvalue weighted by Crippen LogP contribution is -2.47. The molecule has 5 aromatic rings. The molecule has 4 aliphatic heterocycles. The second-order valence-electron chi connectivity index (χ2n) is 15.5. The van der Waals surface area contributed by atoms with Gasteiger partial charge in [-0.1, -0.05) is 24.3 Å². The zero-order valence-corrected chi connectivity index (χ0v) is 32.4. The first-order chi connectivity index (χ1) is 27.8. The van der Waals surface area contributed by atoms with E-state index in [0.717, 1.165) is 75.1 Å². The molecule has 2 aromatic heterocycles. The van der Waals surface area contributed by atoms with Gasteiger partial charge >= 0.3 is 0 Å². The third-order valence-corrected chi connectivity index (χ3v) is 12.6. The van der Waals surface area contributed by atoms with Crippen LogP contribution in [0.25, 0.3) is 11.1 Å². The number of ether oxygens (including phenoxy) is 1. The maximum Gasteiger partial charge on any atom is 0.255 e. The number of carbonyl (C=O) groups excluding carboxylic acids is 3. The Labute approximate surface area is 334 Å². The number of nitrogens with one attached hydrogen (secondary N) is 1. The molecule has 14 heteroatoms. The number of nitrogen functional groups attached to an aromatic ring is 1. The van der Waals surface area contributed by atoms with Crippen molar-refractivity contribution in [2.75, 3.05) is 43.8 Å². The number of anilines is 2. The fourth-order valence-corrected chi connectivity index (χ4v) is 9.32. The Hall–Kier alpha value is -5.60. The van der Waals surface area contributed by atoms with Crippen LogP contribution in [0.5, 0.6) is 5.75 Å². The summed E-state index contributed by atoms with van der Waals surface area (Å²) in [6.45, 7) is 4.31. The molecule has 1 unspecified atom stereocenters. The van der Waals surface area contributed by atoms with Gasteiger partial charge in [-0.15, -0.1) is 11.3 Å². The largest absolute Gasteiger partial charge is 0.490 e. The van der Waals surface area contributed by atoms with Gasteiger partial charge in [-0.25, -0.2) is 14.4 Å². The first kappa shape index (κ1) is 37.0. The number of hydrogen-bond acceptors (Lipinski definition) is 9. The average molecular weight is 789 g/mol. The molecule has 1 atom stereocenters. The summed E-state index contributed by atoms with van der Waals surface area (Å²) >= 11 is 1.28. The van der Waals surface area contributed by atoms with Crippen LogP contribution in [0, 0.1) is 5.82 Å². The van der Waals surface area contributed by atoms with Gasteiger partial charge in [-0.2, -0.15) is 0 Å². The Bertz CT molecular complexity index is 2260. The number of halogens is 1. The van der Waals surface area contributed by atoms with Crippen molar-refractivity contribution in [1.29, 1.82) is 0 Å². The summed E-state index contributed by atoms with van der Waals surface area (Å²) in [5.74, 6) is 0.0109. The van der Waals surface area contributed by atoms with Crippen molar-refractivity contribution in [2.45, 2.75) is 69.7 Å². The number of hydrogen-bond donors (Lipinski definition) is 2. The monoisotopic (exact) mass is 788 g/mol. The number of carbonyl (C=O) groups is 3. The van der Waals surface area contributed by atoms with E-state index in [2.05, 4.69) is 32.3 Å². The van der Waals surface area contributed by atoms with Crippen LogP contribution < -0.4 is 15.8 Å². The van der Waals surface area contributed by atoms with Gasteiger partial charge in [0.2, 0.25) is 5.91 Å². The molecule has 3 N–H and O–H groups in total. The summed E-state index contributed by atoms with van der Waals surface area (Å²) in [4.78, 5) is 55.5. The van der Waals surface area contributed by atoms with Crippen LogP contribution in [0.15, 0.2) is 78.6 Å². The van der Waals surface area contributed by atoms with E-state index in [0.29, 0.717) is 47.7 Å². The molecule has 3 aromatic carbocycles. The van der Waals surface area contributed by atoms with E-state index >= 15 is 4.39 Å². The summed E-state index contributed by atoms with van der Waals surface area (Å²) in [6.07, 6.45) is 8.51. The van der Waals surface area contributed by atoms with Gasteiger partial charge in [0.1, 0.15) is 17.7 Å². The molecule has 2 saturated heterocycles. The van der Waals surface area contributed by atoms with Gasteiger partial charge in [0.05, 0.1) is 25.1 Å². The third-order valence-electron chi connectivity index (χ3n) is 11.9. The van der Waals surface area contributed by atoms with Crippen LogP contribution in [0.2, 0.25) is 0 Å². The molecule has 294 valence electrons. The van der Waals surface area contributed by atoms with Crippen LogP contribution in [-0.4, -0.2) is 85.8 Å². The Kier molecular flexibility index (Phi) is 10.2. The number of aryl methyl sites for hydroxylation is 1. The standard InChI is InChI=1S/C43H45FN8O4S/c44-36-23-30(22-34-35(36)24-52(42(34)55)40(41(54)48-43-46-15-21-57-43)39-37-2-1-16-51(37)26-47-39)28-5-9-32(10-6-28)56-33-13-19-50(20-14-33)38(53)25-49-17-11-29(12-18-49)27-3-7-31(45)8-4-27/h3-10,15,21-23,26,29,33,40H,1-2,11-14,16-20,24-25,45H2,(H,46,48,54). The number of rotatable bonds is 10. The van der Waals surface area contributed by atoms with E-state index in [4.69, 9.17) is 10.5 Å². The Morgan fingerprint density at radius 1 is 0.947 bits per heavy atom. The summed E-state index contributed by atoms with van der Waals surface area (Å²) < 4.78 is 24.2. The lowest BCUT2D eigenvalue weighted by atomic mass is 9.89. The third kappa shape index (κ3) is 7.63. The quantitative estimate of drug-likeness (QED) is 0.158. The number of benzene rings is 3. The Morgan fingerprint density at radius 3 is 2.46 bits per heavy atom. The van der Waals surface area contributed by atoms with Gasteiger partial charge < -0.3 is 24.8 Å². The summed E-state index contributed by atoms with van der Waals surface area (Å²) in [5, 5.41) is 5.01. The van der Waals surface area contributed by atoms with E-state index < -0.39 is 23.7 Å². The fraction of sp³-hybridized carbons (Fsp3) is 0.372. The lowest BCUT2D eigenvalue weighted by molar-refractivity contribution is -0.134. The summed E-state index contributed by atoms with van der Waals surface area (Å²) in [7, 11) is 0. The van der Waals surface area contributed by atoms with Gasteiger partial charge in [0.15, 0.2) is 11.2 Å². The van der Waals surface area contributed by atoms with E-state index in [9.17, 15) is 14.4 Å². The number of piperidine rings is 2. The SMILES string of the molecule is Nc1ccc(C2CCN(CC(=O)N3CCC(Oc4ccc(-c5cc(F)c6c(c5)C(=O)N(C(C(=O)Nc5nccs5)c5ncn7c5CCC7)C6)cc4)CC3)CC2)cc1. The van der Waals surface area contributed by atoms with Gasteiger partial charge in [-0.05, 0) is 97.8 Å². The predicted octanol–water partition coefficient (Wildman–Crippen LogP) is 6.26. The van der Waals surface area contributed by atoms with Crippen LogP contribution in [0.3, 0.4) is 0 Å². The van der Waals surface area contributed by atoms with Gasteiger partial charge in [0.25, 0.3) is 11.8 Å². The lowest BCUT2D eigenvalue weighted by Gasteiger charge is -2.36. The number of likely N-dealkylation sites (tertiary alicyclic amines) is 2. The molecule has 0 radical (unpaired) electrons. The highest BCUT2D eigenvalue weighted by Crippen LogP contribution is 2.38. The highest BCUT2D eigenvalue weighted by molar-refractivity contribution is 7.13. The minimum Gasteiger partial charge on any atom is -0.490 e. The summed E-state index contributed by atoms with van der Waals surface area (Å²) in [5.41, 5.74) is 11.2. The van der Waals surface area contributed by atoms with Gasteiger partial charge in [0, 0.05) is 66.6 Å². The van der Waals surface area contributed by atoms with E-state index in [1.54, 1.807) is 24.0 Å². The second kappa shape index (κ2) is 15.7. The Morgan fingerprint density at radius 2 is 1.72 bits per heavy atom. The molecule has 2 fully saturated rings. The number of nitrogens with two attached hydrogens (primary N) is 1. The molecule has 12 nitrogen and oxygen atoms in total. The minimum atomic E-state index is -1.04. The van der Waals surface area contributed by atoms with Crippen molar-refractivity contribution >= 4 is 39.9 Å². The molecule has 4 aliphatic rings.